The Morgan fingerprint density at radius 1 is 1.43 bits per heavy atom. The van der Waals surface area contributed by atoms with Crippen LogP contribution in [0, 0.1) is 10.1 Å². The fourth-order valence-electron chi connectivity index (χ4n) is 1.73. The van der Waals surface area contributed by atoms with Gasteiger partial charge in [0.2, 0.25) is 0 Å². The number of anilines is 1. The molecule has 1 aromatic carbocycles. The molecule has 2 N–H and O–H groups in total. The summed E-state index contributed by atoms with van der Waals surface area (Å²) in [5, 5.41) is 13.9. The summed E-state index contributed by atoms with van der Waals surface area (Å²) < 4.78 is 5.02. The van der Waals surface area contributed by atoms with E-state index in [1.165, 1.54) is 13.2 Å². The van der Waals surface area contributed by atoms with Crippen LogP contribution in [-0.4, -0.2) is 23.0 Å². The van der Waals surface area contributed by atoms with Crippen molar-refractivity contribution in [3.63, 3.8) is 0 Å². The van der Waals surface area contributed by atoms with E-state index in [1.54, 1.807) is 24.3 Å². The second-order valence-electron chi connectivity index (χ2n) is 4.17. The Hall–Kier alpha value is -2.35. The maximum atomic E-state index is 11.3. The molecular formula is C13H12BrN3O4. The number of hydrogen-bond donors (Lipinski definition) is 2. The lowest BCUT2D eigenvalue weighted by Gasteiger charge is -2.05. The smallest absolute Gasteiger partial charge is 0.354 e. The van der Waals surface area contributed by atoms with Gasteiger partial charge in [-0.05, 0) is 40.2 Å². The third-order valence-corrected chi connectivity index (χ3v) is 3.45. The summed E-state index contributed by atoms with van der Waals surface area (Å²) in [6.45, 7) is 0.399. The van der Waals surface area contributed by atoms with Gasteiger partial charge in [-0.2, -0.15) is 0 Å². The molecule has 7 nitrogen and oxygen atoms in total. The molecule has 0 saturated carbocycles. The van der Waals surface area contributed by atoms with Crippen LogP contribution in [0.15, 0.2) is 34.8 Å². The topological polar surface area (TPSA) is 97.3 Å². The van der Waals surface area contributed by atoms with Crippen LogP contribution in [0.1, 0.15) is 16.2 Å². The molecule has 0 radical (unpaired) electrons. The lowest BCUT2D eigenvalue weighted by Crippen LogP contribution is -2.04. The summed E-state index contributed by atoms with van der Waals surface area (Å²) in [6.07, 6.45) is 0. The van der Waals surface area contributed by atoms with Crippen LogP contribution < -0.4 is 5.32 Å². The van der Waals surface area contributed by atoms with E-state index >= 15 is 0 Å². The molecule has 0 atom stereocenters. The summed E-state index contributed by atoms with van der Waals surface area (Å²) in [4.78, 5) is 24.6. The van der Waals surface area contributed by atoms with Gasteiger partial charge in [-0.3, -0.25) is 10.1 Å². The first-order valence-corrected chi connectivity index (χ1v) is 6.74. The molecule has 0 fully saturated rings. The number of ether oxygens (including phenoxy) is 1. The third-order valence-electron chi connectivity index (χ3n) is 2.78. The second-order valence-corrected chi connectivity index (χ2v) is 5.02. The third kappa shape index (κ3) is 3.60. The highest BCUT2D eigenvalue weighted by molar-refractivity contribution is 9.10. The van der Waals surface area contributed by atoms with Crippen molar-refractivity contribution in [3.8, 4) is 0 Å². The molecule has 110 valence electrons. The normalized spacial score (nSPS) is 10.2. The van der Waals surface area contributed by atoms with E-state index in [9.17, 15) is 14.9 Å². The van der Waals surface area contributed by atoms with Gasteiger partial charge in [-0.1, -0.05) is 0 Å². The molecule has 0 saturated heterocycles. The maximum absolute atomic E-state index is 11.3. The Morgan fingerprint density at radius 3 is 2.86 bits per heavy atom. The predicted octanol–water partition coefficient (Wildman–Crippen LogP) is 3.08. The second kappa shape index (κ2) is 6.40. The summed E-state index contributed by atoms with van der Waals surface area (Å²) in [7, 11) is 1.31. The van der Waals surface area contributed by atoms with Crippen LogP contribution in [-0.2, 0) is 11.3 Å². The minimum atomic E-state index is -0.459. The number of nitro groups is 1. The molecule has 0 aliphatic rings. The Morgan fingerprint density at radius 2 is 2.19 bits per heavy atom. The van der Waals surface area contributed by atoms with Crippen LogP contribution in [0.4, 0.5) is 11.4 Å². The molecule has 0 bridgehead atoms. The first-order valence-electron chi connectivity index (χ1n) is 5.95. The van der Waals surface area contributed by atoms with E-state index in [4.69, 9.17) is 0 Å². The zero-order valence-electron chi connectivity index (χ0n) is 11.1. The molecule has 2 rings (SSSR count). The number of carbonyl (C=O) groups excluding carboxylic acids is 1. The highest BCUT2D eigenvalue weighted by Crippen LogP contribution is 2.27. The number of esters is 1. The number of H-pyrrole nitrogens is 1. The number of rotatable bonds is 5. The van der Waals surface area contributed by atoms with Gasteiger partial charge in [0.05, 0.1) is 23.1 Å². The summed E-state index contributed by atoms with van der Waals surface area (Å²) in [5.41, 5.74) is 1.72. The standard InChI is InChI=1S/C13H12BrN3O4/c1-21-13(18)11-5-3-9(16-11)7-15-8-2-4-10(14)12(6-8)17(19)20/h2-6,15-16H,7H2,1H3. The first kappa shape index (κ1) is 15.0. The van der Waals surface area contributed by atoms with Crippen LogP contribution in [0.2, 0.25) is 0 Å². The number of aromatic amines is 1. The number of benzene rings is 1. The predicted molar refractivity (Wildman–Crippen MR) is 80.3 cm³/mol. The average Bonchev–Trinajstić information content (AvgIpc) is 2.94. The lowest BCUT2D eigenvalue weighted by molar-refractivity contribution is -0.385. The molecule has 1 aromatic heterocycles. The quantitative estimate of drug-likeness (QED) is 0.489. The lowest BCUT2D eigenvalue weighted by atomic mass is 10.2. The number of nitrogens with one attached hydrogen (secondary N) is 2. The van der Waals surface area contributed by atoms with Gasteiger partial charge in [0.15, 0.2) is 0 Å². The number of carbonyl (C=O) groups is 1. The van der Waals surface area contributed by atoms with Gasteiger partial charge in [0.1, 0.15) is 5.69 Å². The SMILES string of the molecule is COC(=O)c1ccc(CNc2ccc(Br)c([N+](=O)[O-])c2)[nH]1. The van der Waals surface area contributed by atoms with Crippen molar-refractivity contribution in [2.75, 3.05) is 12.4 Å². The van der Waals surface area contributed by atoms with E-state index in [2.05, 4.69) is 31.0 Å². The van der Waals surface area contributed by atoms with Crippen LogP contribution in [0.25, 0.3) is 0 Å². The van der Waals surface area contributed by atoms with Crippen LogP contribution in [0.3, 0.4) is 0 Å². The molecule has 0 aliphatic carbocycles. The molecule has 0 unspecified atom stereocenters. The van der Waals surface area contributed by atoms with E-state index in [1.807, 2.05) is 0 Å². The van der Waals surface area contributed by atoms with E-state index in [-0.39, 0.29) is 5.69 Å². The highest BCUT2D eigenvalue weighted by atomic mass is 79.9. The van der Waals surface area contributed by atoms with Crippen molar-refractivity contribution < 1.29 is 14.5 Å². The van der Waals surface area contributed by atoms with Gasteiger partial charge < -0.3 is 15.0 Å². The van der Waals surface area contributed by atoms with Gasteiger partial charge >= 0.3 is 5.97 Å². The number of aromatic nitrogens is 1. The Kier molecular flexibility index (Phi) is 4.59. The minimum absolute atomic E-state index is 0.0123. The van der Waals surface area contributed by atoms with Crippen molar-refractivity contribution in [3.05, 3.63) is 56.3 Å². The van der Waals surface area contributed by atoms with Gasteiger partial charge in [0, 0.05) is 17.4 Å². The maximum Gasteiger partial charge on any atom is 0.354 e. The molecule has 0 aliphatic heterocycles. The molecule has 8 heteroatoms. The first-order chi connectivity index (χ1) is 10.0. The van der Waals surface area contributed by atoms with Crippen LogP contribution in [0.5, 0.6) is 0 Å². The average molecular weight is 354 g/mol. The molecule has 0 amide bonds. The summed E-state index contributed by atoms with van der Waals surface area (Å²) in [6, 6.07) is 8.13. The van der Waals surface area contributed by atoms with E-state index in [0.717, 1.165) is 5.69 Å². The molecular weight excluding hydrogens is 342 g/mol. The molecule has 1 heterocycles. The van der Waals surface area contributed by atoms with E-state index in [0.29, 0.717) is 22.4 Å². The number of halogens is 1. The van der Waals surface area contributed by atoms with Crippen molar-refractivity contribution >= 4 is 33.3 Å². The Bertz CT molecular complexity index is 684. The summed E-state index contributed by atoms with van der Waals surface area (Å²) >= 11 is 3.13. The fraction of sp³-hybridized carbons (Fsp3) is 0.154. The zero-order chi connectivity index (χ0) is 15.4. The fourth-order valence-corrected chi connectivity index (χ4v) is 2.12. The Balaban J connectivity index is 2.06. The molecule has 21 heavy (non-hydrogen) atoms. The number of nitro benzene ring substituents is 1. The van der Waals surface area contributed by atoms with Gasteiger partial charge in [0.25, 0.3) is 5.69 Å². The van der Waals surface area contributed by atoms with Crippen LogP contribution >= 0.6 is 15.9 Å². The largest absolute Gasteiger partial charge is 0.464 e. The van der Waals surface area contributed by atoms with Gasteiger partial charge in [-0.25, -0.2) is 4.79 Å². The van der Waals surface area contributed by atoms with Crippen molar-refractivity contribution in [1.82, 2.24) is 4.98 Å². The molecule has 2 aromatic rings. The number of methoxy groups -OCH3 is 1. The van der Waals surface area contributed by atoms with Crippen molar-refractivity contribution in [2.45, 2.75) is 6.54 Å². The highest BCUT2D eigenvalue weighted by Gasteiger charge is 2.12. The number of nitrogens with zero attached hydrogens (tertiary/aromatic N) is 1. The van der Waals surface area contributed by atoms with E-state index < -0.39 is 10.9 Å². The van der Waals surface area contributed by atoms with Crippen molar-refractivity contribution in [2.24, 2.45) is 0 Å². The molecule has 0 spiro atoms. The zero-order valence-corrected chi connectivity index (χ0v) is 12.6. The minimum Gasteiger partial charge on any atom is -0.464 e. The summed E-state index contributed by atoms with van der Waals surface area (Å²) in [5.74, 6) is -0.444. The monoisotopic (exact) mass is 353 g/mol. The number of hydrogen-bond acceptors (Lipinski definition) is 5. The van der Waals surface area contributed by atoms with Gasteiger partial charge in [-0.15, -0.1) is 0 Å². The van der Waals surface area contributed by atoms with Crippen molar-refractivity contribution in [1.29, 1.82) is 0 Å². The Labute approximate surface area is 128 Å².